The van der Waals surface area contributed by atoms with E-state index in [1.807, 2.05) is 12.3 Å². The average molecular weight is 439 g/mol. The molecule has 0 saturated heterocycles. The summed E-state index contributed by atoms with van der Waals surface area (Å²) < 4.78 is 7.80. The lowest BCUT2D eigenvalue weighted by atomic mass is 10.0. The number of nitrogens with zero attached hydrogens (tertiary/aromatic N) is 4. The summed E-state index contributed by atoms with van der Waals surface area (Å²) in [5, 5.41) is 9.30. The molecule has 1 aliphatic carbocycles. The molecule has 0 saturated carbocycles. The van der Waals surface area contributed by atoms with Crippen molar-refractivity contribution >= 4 is 11.8 Å². The first-order chi connectivity index (χ1) is 16.2. The molecule has 2 aromatic carbocycles. The van der Waals surface area contributed by atoms with Crippen molar-refractivity contribution in [1.29, 1.82) is 0 Å². The second kappa shape index (κ2) is 9.57. The second-order valence-electron chi connectivity index (χ2n) is 8.83. The van der Waals surface area contributed by atoms with Gasteiger partial charge in [-0.15, -0.1) is 10.2 Å². The summed E-state index contributed by atoms with van der Waals surface area (Å²) >= 11 is 0. The maximum atomic E-state index is 5.47. The first-order valence-electron chi connectivity index (χ1n) is 11.7. The highest BCUT2D eigenvalue weighted by atomic mass is 16.5. The Bertz CT molecular complexity index is 1250. The van der Waals surface area contributed by atoms with Crippen LogP contribution < -0.4 is 4.74 Å². The minimum absolute atomic E-state index is 0.780. The van der Waals surface area contributed by atoms with Crippen molar-refractivity contribution in [3.63, 3.8) is 0 Å². The number of benzene rings is 2. The van der Waals surface area contributed by atoms with Crippen molar-refractivity contribution in [3.8, 4) is 5.75 Å². The van der Waals surface area contributed by atoms with Crippen molar-refractivity contribution < 1.29 is 4.74 Å². The van der Waals surface area contributed by atoms with Crippen LogP contribution in [0.15, 0.2) is 65.3 Å². The maximum absolute atomic E-state index is 5.47. The first-order valence-corrected chi connectivity index (χ1v) is 11.7. The lowest BCUT2D eigenvalue weighted by Crippen LogP contribution is -2.10. The molecule has 3 aromatic rings. The van der Waals surface area contributed by atoms with Crippen LogP contribution in [0.3, 0.4) is 0 Å². The molecule has 5 nitrogen and oxygen atoms in total. The van der Waals surface area contributed by atoms with Gasteiger partial charge in [-0.25, -0.2) is 0 Å². The van der Waals surface area contributed by atoms with E-state index >= 15 is 0 Å². The summed E-state index contributed by atoms with van der Waals surface area (Å²) in [6.45, 7) is 3.03. The maximum Gasteiger partial charge on any atom is 0.137 e. The Kier molecular flexibility index (Phi) is 6.20. The molecule has 5 rings (SSSR count). The summed E-state index contributed by atoms with van der Waals surface area (Å²) in [5.74, 6) is 2.96. The highest BCUT2D eigenvalue weighted by Crippen LogP contribution is 2.33. The van der Waals surface area contributed by atoms with E-state index in [1.54, 1.807) is 7.11 Å². The van der Waals surface area contributed by atoms with Crippen LogP contribution in [-0.2, 0) is 25.8 Å². The van der Waals surface area contributed by atoms with Crippen LogP contribution >= 0.6 is 0 Å². The topological polar surface area (TPSA) is 52.3 Å². The zero-order chi connectivity index (χ0) is 22.6. The van der Waals surface area contributed by atoms with E-state index < -0.39 is 0 Å². The van der Waals surface area contributed by atoms with Gasteiger partial charge in [0.25, 0.3) is 0 Å². The Balaban J connectivity index is 1.39. The molecule has 0 amide bonds. The van der Waals surface area contributed by atoms with Crippen LogP contribution in [0, 0.1) is 6.92 Å². The lowest BCUT2D eigenvalue weighted by Gasteiger charge is -2.12. The predicted octanol–water partition coefficient (Wildman–Crippen LogP) is 5.51. The number of aryl methyl sites for hydroxylation is 1. The van der Waals surface area contributed by atoms with E-state index in [9.17, 15) is 0 Å². The second-order valence-corrected chi connectivity index (χ2v) is 8.83. The van der Waals surface area contributed by atoms with Gasteiger partial charge in [0.05, 0.1) is 7.11 Å². The zero-order valence-electron chi connectivity index (χ0n) is 19.4. The molecular formula is C28H30N4O. The average Bonchev–Trinajstić information content (AvgIpc) is 3.56. The largest absolute Gasteiger partial charge is 0.497 e. The third kappa shape index (κ3) is 4.82. The molecule has 1 aliphatic heterocycles. The quantitative estimate of drug-likeness (QED) is 0.443. The van der Waals surface area contributed by atoms with Gasteiger partial charge < -0.3 is 9.30 Å². The number of hydrogen-bond acceptors (Lipinski definition) is 4. The Morgan fingerprint density at radius 1 is 1.00 bits per heavy atom. The van der Waals surface area contributed by atoms with Gasteiger partial charge in [0, 0.05) is 37.7 Å². The Labute approximate surface area is 195 Å². The lowest BCUT2D eigenvalue weighted by molar-refractivity contribution is 0.414. The van der Waals surface area contributed by atoms with E-state index in [4.69, 9.17) is 4.74 Å². The fourth-order valence-corrected chi connectivity index (χ4v) is 4.73. The fourth-order valence-electron chi connectivity index (χ4n) is 4.73. The van der Waals surface area contributed by atoms with Gasteiger partial charge in [0.2, 0.25) is 0 Å². The van der Waals surface area contributed by atoms with Crippen LogP contribution in [0.1, 0.15) is 53.2 Å². The molecule has 0 atom stereocenters. The van der Waals surface area contributed by atoms with Gasteiger partial charge in [-0.05, 0) is 60.6 Å². The molecule has 0 fully saturated rings. The summed E-state index contributed by atoms with van der Waals surface area (Å²) in [4.78, 5) is 4.48. The third-order valence-corrected chi connectivity index (χ3v) is 6.46. The van der Waals surface area contributed by atoms with E-state index in [-0.39, 0.29) is 0 Å². The highest BCUT2D eigenvalue weighted by molar-refractivity contribution is 5.75. The van der Waals surface area contributed by atoms with Gasteiger partial charge in [-0.2, -0.15) is 0 Å². The van der Waals surface area contributed by atoms with Crippen molar-refractivity contribution in [2.75, 3.05) is 7.11 Å². The van der Waals surface area contributed by atoms with Gasteiger partial charge in [-0.3, -0.25) is 4.99 Å². The summed E-state index contributed by atoms with van der Waals surface area (Å²) in [5.41, 5.74) is 7.67. The molecule has 0 bridgehead atoms. The van der Waals surface area contributed by atoms with Crippen molar-refractivity contribution in [2.45, 2.75) is 52.0 Å². The molecule has 0 N–H and O–H groups in total. The fraction of sp³-hybridized carbons (Fsp3) is 0.321. The molecule has 1 aromatic heterocycles. The zero-order valence-corrected chi connectivity index (χ0v) is 19.4. The van der Waals surface area contributed by atoms with Crippen LogP contribution in [0.25, 0.3) is 5.57 Å². The van der Waals surface area contributed by atoms with Crippen LogP contribution in [0.5, 0.6) is 5.75 Å². The first kappa shape index (κ1) is 21.4. The summed E-state index contributed by atoms with van der Waals surface area (Å²) in [6, 6.07) is 15.0. The molecule has 0 spiro atoms. The Hall–Kier alpha value is -3.47. The number of hydrogen-bond donors (Lipinski definition) is 0. The number of aliphatic imine (C=N–C) groups is 1. The van der Waals surface area contributed by atoms with Crippen LogP contribution in [-0.4, -0.2) is 28.1 Å². The smallest absolute Gasteiger partial charge is 0.137 e. The predicted molar refractivity (Wildman–Crippen MR) is 133 cm³/mol. The molecule has 33 heavy (non-hydrogen) atoms. The molecule has 5 heteroatoms. The molecule has 0 unspecified atom stereocenters. The van der Waals surface area contributed by atoms with Crippen molar-refractivity contribution in [3.05, 3.63) is 94.2 Å². The Morgan fingerprint density at radius 3 is 2.67 bits per heavy atom. The molecule has 168 valence electrons. The van der Waals surface area contributed by atoms with Crippen LogP contribution in [0.4, 0.5) is 0 Å². The van der Waals surface area contributed by atoms with Gasteiger partial charge in [0.1, 0.15) is 17.4 Å². The van der Waals surface area contributed by atoms with E-state index in [0.29, 0.717) is 0 Å². The monoisotopic (exact) mass is 438 g/mol. The number of ether oxygens (including phenoxy) is 1. The standard InChI is InChI=1S/C28H30N4O/c1-20-6-3-7-21(16-20)17-27-30-31-28(32(27)15-5-9-24-8-4-14-29-24)18-23-11-10-22-12-13-25(33-2)19-26(22)23/h3,6-8,11-14,16,19H,4-5,9-10,15,17-18H2,1-2H3. The van der Waals surface area contributed by atoms with Gasteiger partial charge in [0.15, 0.2) is 0 Å². The van der Waals surface area contributed by atoms with Crippen molar-refractivity contribution in [1.82, 2.24) is 14.8 Å². The third-order valence-electron chi connectivity index (χ3n) is 6.46. The number of rotatable bonds is 9. The minimum Gasteiger partial charge on any atom is -0.497 e. The number of allylic oxidation sites excluding steroid dienone is 4. The normalized spacial score (nSPS) is 14.4. The number of aromatic nitrogens is 3. The minimum atomic E-state index is 0.780. The van der Waals surface area contributed by atoms with Crippen LogP contribution in [0.2, 0.25) is 0 Å². The summed E-state index contributed by atoms with van der Waals surface area (Å²) in [6.07, 6.45) is 12.0. The molecular weight excluding hydrogens is 408 g/mol. The number of fused-ring (bicyclic) bond motifs is 1. The highest BCUT2D eigenvalue weighted by Gasteiger charge is 2.20. The van der Waals surface area contributed by atoms with E-state index in [2.05, 4.69) is 75.2 Å². The van der Waals surface area contributed by atoms with E-state index in [1.165, 1.54) is 33.5 Å². The summed E-state index contributed by atoms with van der Waals surface area (Å²) in [7, 11) is 1.72. The Morgan fingerprint density at radius 2 is 1.88 bits per heavy atom. The molecule has 2 aliphatic rings. The SMILES string of the molecule is COc1ccc2c(c1)C(Cc1nnc(Cc3cccc(C)c3)n1CCCC1=CCC=N1)=CC2. The van der Waals surface area contributed by atoms with Gasteiger partial charge >= 0.3 is 0 Å². The number of methoxy groups -OCH3 is 1. The molecule has 0 radical (unpaired) electrons. The van der Waals surface area contributed by atoms with Crippen molar-refractivity contribution in [2.24, 2.45) is 4.99 Å². The van der Waals surface area contributed by atoms with E-state index in [0.717, 1.165) is 62.5 Å². The molecule has 2 heterocycles. The van der Waals surface area contributed by atoms with Gasteiger partial charge in [-0.1, -0.05) is 48.0 Å².